The van der Waals surface area contributed by atoms with Gasteiger partial charge in [-0.1, -0.05) is 17.7 Å². The summed E-state index contributed by atoms with van der Waals surface area (Å²) in [5.41, 5.74) is 4.73. The Labute approximate surface area is 179 Å². The maximum Gasteiger partial charge on any atom is 0.180 e. The molecular weight excluding hydrogens is 398 g/mol. The van der Waals surface area contributed by atoms with Gasteiger partial charge in [-0.25, -0.2) is 0 Å². The second-order valence-corrected chi connectivity index (χ2v) is 8.27. The van der Waals surface area contributed by atoms with Crippen LogP contribution in [-0.2, 0) is 6.42 Å². The van der Waals surface area contributed by atoms with Gasteiger partial charge in [0.25, 0.3) is 0 Å². The van der Waals surface area contributed by atoms with Gasteiger partial charge in [0.15, 0.2) is 5.65 Å². The quantitative estimate of drug-likeness (QED) is 0.471. The molecule has 1 saturated carbocycles. The Balaban J connectivity index is 1.38. The number of benzene rings is 1. The number of halogens is 1. The molecule has 0 N–H and O–H groups in total. The van der Waals surface area contributed by atoms with Crippen LogP contribution in [0.2, 0.25) is 5.02 Å². The monoisotopic (exact) mass is 417 g/mol. The summed E-state index contributed by atoms with van der Waals surface area (Å²) in [6, 6.07) is 12.3. The Bertz CT molecular complexity index is 1240. The van der Waals surface area contributed by atoms with Gasteiger partial charge < -0.3 is 9.64 Å². The number of hydrogen-bond acceptors (Lipinski definition) is 5. The van der Waals surface area contributed by atoms with Crippen LogP contribution in [0, 0.1) is 5.92 Å². The topological polar surface area (TPSA) is 55.5 Å². The summed E-state index contributed by atoms with van der Waals surface area (Å²) in [4.78, 5) is 6.47. The van der Waals surface area contributed by atoms with Crippen molar-refractivity contribution in [2.75, 3.05) is 18.1 Å². The van der Waals surface area contributed by atoms with Gasteiger partial charge >= 0.3 is 0 Å². The number of rotatable bonds is 4. The van der Waals surface area contributed by atoms with E-state index in [1.165, 1.54) is 12.8 Å². The molecule has 0 saturated heterocycles. The van der Waals surface area contributed by atoms with Gasteiger partial charge in [-0.2, -0.15) is 0 Å². The minimum atomic E-state index is 0.618. The number of anilines is 2. The lowest BCUT2D eigenvalue weighted by atomic mass is 10.0. The number of nitrogens with zero attached hydrogens (tertiary/aromatic N) is 5. The first kappa shape index (κ1) is 17.7. The smallest absolute Gasteiger partial charge is 0.180 e. The van der Waals surface area contributed by atoms with Crippen LogP contribution in [0.3, 0.4) is 0 Å². The van der Waals surface area contributed by atoms with Gasteiger partial charge in [0.05, 0.1) is 29.1 Å². The van der Waals surface area contributed by atoms with Gasteiger partial charge in [-0.15, -0.1) is 10.2 Å². The third kappa shape index (κ3) is 2.99. The molecule has 1 aliphatic heterocycles. The van der Waals surface area contributed by atoms with E-state index >= 15 is 0 Å². The molecule has 0 spiro atoms. The lowest BCUT2D eigenvalue weighted by Gasteiger charge is -2.31. The van der Waals surface area contributed by atoms with E-state index in [-0.39, 0.29) is 0 Å². The number of hydrogen-bond donors (Lipinski definition) is 0. The van der Waals surface area contributed by atoms with E-state index in [1.807, 2.05) is 28.9 Å². The number of aromatic nitrogens is 4. The van der Waals surface area contributed by atoms with E-state index in [1.54, 1.807) is 6.20 Å². The zero-order valence-electron chi connectivity index (χ0n) is 16.3. The molecule has 30 heavy (non-hydrogen) atoms. The number of fused-ring (bicyclic) bond motifs is 2. The van der Waals surface area contributed by atoms with E-state index in [9.17, 15) is 0 Å². The Hall–Kier alpha value is -3.12. The van der Waals surface area contributed by atoms with Crippen molar-refractivity contribution in [2.45, 2.75) is 19.3 Å². The average Bonchev–Trinajstić information content (AvgIpc) is 3.52. The Morgan fingerprint density at radius 2 is 2.07 bits per heavy atom. The third-order valence-corrected chi connectivity index (χ3v) is 6.22. The number of pyridine rings is 2. The second kappa shape index (κ2) is 6.99. The zero-order valence-corrected chi connectivity index (χ0v) is 17.1. The first-order valence-corrected chi connectivity index (χ1v) is 10.6. The summed E-state index contributed by atoms with van der Waals surface area (Å²) in [6.45, 7) is 1.40. The van der Waals surface area contributed by atoms with Crippen molar-refractivity contribution in [3.8, 4) is 16.9 Å². The molecule has 0 atom stereocenters. The van der Waals surface area contributed by atoms with E-state index in [2.05, 4.69) is 44.3 Å². The molecule has 4 aromatic rings. The lowest BCUT2D eigenvalue weighted by Crippen LogP contribution is -2.28. The first-order chi connectivity index (χ1) is 14.8. The summed E-state index contributed by atoms with van der Waals surface area (Å²) in [5, 5.41) is 9.35. The fourth-order valence-electron chi connectivity index (χ4n) is 4.08. The Morgan fingerprint density at radius 3 is 2.90 bits per heavy atom. The normalized spacial score (nSPS) is 15.8. The molecule has 2 aliphatic rings. The van der Waals surface area contributed by atoms with E-state index in [4.69, 9.17) is 16.3 Å². The van der Waals surface area contributed by atoms with Crippen LogP contribution in [0.1, 0.15) is 18.7 Å². The van der Waals surface area contributed by atoms with E-state index in [0.29, 0.717) is 17.3 Å². The molecule has 150 valence electrons. The molecule has 3 aromatic heterocycles. The van der Waals surface area contributed by atoms with Crippen molar-refractivity contribution in [1.29, 1.82) is 0 Å². The van der Waals surface area contributed by atoms with Crippen molar-refractivity contribution in [1.82, 2.24) is 19.6 Å². The summed E-state index contributed by atoms with van der Waals surface area (Å²) in [7, 11) is 0. The highest BCUT2D eigenvalue weighted by atomic mass is 35.5. The van der Waals surface area contributed by atoms with Crippen LogP contribution in [0.5, 0.6) is 5.75 Å². The van der Waals surface area contributed by atoms with E-state index < -0.39 is 0 Å². The van der Waals surface area contributed by atoms with E-state index in [0.717, 1.165) is 53.0 Å². The molecule has 0 amide bonds. The van der Waals surface area contributed by atoms with Crippen LogP contribution in [0.4, 0.5) is 11.4 Å². The van der Waals surface area contributed by atoms with Crippen LogP contribution < -0.4 is 9.64 Å². The average molecular weight is 418 g/mol. The maximum absolute atomic E-state index is 6.77. The fraction of sp³-hybridized carbons (Fsp3) is 0.261. The predicted molar refractivity (Wildman–Crippen MR) is 117 cm³/mol. The van der Waals surface area contributed by atoms with Gasteiger partial charge in [-0.3, -0.25) is 9.38 Å². The molecule has 6 nitrogen and oxygen atoms in total. The standard InChI is InChI=1S/C23H20ClN5O/c24-22-18(7-9-29-21(12-15-3-4-15)26-27-23(22)29)16-5-6-19-20(13-16)30-11-10-28(19)17-2-1-8-25-14-17/h1-2,5-9,13-15H,3-4,10-12H2. The lowest BCUT2D eigenvalue weighted by molar-refractivity contribution is 0.314. The molecule has 4 heterocycles. The highest BCUT2D eigenvalue weighted by molar-refractivity contribution is 6.36. The summed E-state index contributed by atoms with van der Waals surface area (Å²) >= 11 is 6.77. The summed E-state index contributed by atoms with van der Waals surface area (Å²) < 4.78 is 8.00. The second-order valence-electron chi connectivity index (χ2n) is 7.89. The first-order valence-electron chi connectivity index (χ1n) is 10.2. The van der Waals surface area contributed by atoms with Crippen molar-refractivity contribution in [2.24, 2.45) is 5.92 Å². The Kier molecular flexibility index (Phi) is 4.13. The predicted octanol–water partition coefficient (Wildman–Crippen LogP) is 4.93. The van der Waals surface area contributed by atoms with Crippen LogP contribution >= 0.6 is 11.6 Å². The van der Waals surface area contributed by atoms with Crippen molar-refractivity contribution in [3.05, 3.63) is 65.8 Å². The van der Waals surface area contributed by atoms with Crippen molar-refractivity contribution in [3.63, 3.8) is 0 Å². The van der Waals surface area contributed by atoms with Gasteiger partial charge in [0.2, 0.25) is 0 Å². The van der Waals surface area contributed by atoms with Crippen molar-refractivity contribution >= 4 is 28.6 Å². The molecule has 1 aliphatic carbocycles. The molecule has 0 radical (unpaired) electrons. The number of ether oxygens (including phenoxy) is 1. The maximum atomic E-state index is 6.77. The minimum Gasteiger partial charge on any atom is -0.490 e. The molecular formula is C23H20ClN5O. The highest BCUT2D eigenvalue weighted by Gasteiger charge is 2.25. The zero-order chi connectivity index (χ0) is 20.1. The van der Waals surface area contributed by atoms with Crippen LogP contribution in [0.15, 0.2) is 55.0 Å². The Morgan fingerprint density at radius 1 is 1.13 bits per heavy atom. The molecule has 6 rings (SSSR count). The summed E-state index contributed by atoms with van der Waals surface area (Å²) in [5.74, 6) is 2.58. The van der Waals surface area contributed by atoms with Gasteiger partial charge in [0.1, 0.15) is 18.2 Å². The van der Waals surface area contributed by atoms with Crippen LogP contribution in [0.25, 0.3) is 16.8 Å². The van der Waals surface area contributed by atoms with Gasteiger partial charge in [-0.05, 0) is 54.7 Å². The minimum absolute atomic E-state index is 0.618. The molecule has 0 bridgehead atoms. The molecule has 7 heteroatoms. The summed E-state index contributed by atoms with van der Waals surface area (Å²) in [6.07, 6.45) is 9.22. The third-order valence-electron chi connectivity index (χ3n) is 5.85. The highest BCUT2D eigenvalue weighted by Crippen LogP contribution is 2.41. The van der Waals surface area contributed by atoms with Crippen molar-refractivity contribution < 1.29 is 4.74 Å². The fourth-order valence-corrected chi connectivity index (χ4v) is 4.39. The van der Waals surface area contributed by atoms with Gasteiger partial charge in [0, 0.05) is 24.4 Å². The molecule has 1 aromatic carbocycles. The molecule has 0 unspecified atom stereocenters. The SMILES string of the molecule is Clc1c(-c2ccc3c(c2)OCCN3c2cccnc2)ccn2c(CC3CC3)nnc12. The largest absolute Gasteiger partial charge is 0.490 e. The van der Waals surface area contributed by atoms with Crippen LogP contribution in [-0.4, -0.2) is 32.7 Å². The molecule has 1 fully saturated rings.